The van der Waals surface area contributed by atoms with Crippen molar-refractivity contribution in [2.45, 2.75) is 32.7 Å². The van der Waals surface area contributed by atoms with E-state index in [2.05, 4.69) is 58.9 Å². The summed E-state index contributed by atoms with van der Waals surface area (Å²) in [5, 5.41) is 4.51. The highest BCUT2D eigenvalue weighted by atomic mass is 127. The van der Waals surface area contributed by atoms with Crippen molar-refractivity contribution in [3.05, 3.63) is 45.2 Å². The van der Waals surface area contributed by atoms with Crippen LogP contribution in [-0.4, -0.2) is 9.78 Å². The van der Waals surface area contributed by atoms with Gasteiger partial charge in [-0.05, 0) is 54.8 Å². The molecule has 0 amide bonds. The highest BCUT2D eigenvalue weighted by Crippen LogP contribution is 2.24. The number of nitrogens with two attached hydrogens (primary N) is 1. The Morgan fingerprint density at radius 3 is 2.56 bits per heavy atom. The lowest BCUT2D eigenvalue weighted by Gasteiger charge is -2.13. The number of nitrogen functional groups attached to an aromatic ring is 1. The van der Waals surface area contributed by atoms with Crippen molar-refractivity contribution in [1.29, 1.82) is 0 Å². The number of aryl methyl sites for hydroxylation is 2. The molecule has 1 unspecified atom stereocenters. The molecule has 4 heteroatoms. The van der Waals surface area contributed by atoms with Crippen LogP contribution in [0.3, 0.4) is 0 Å². The Labute approximate surface area is 122 Å². The van der Waals surface area contributed by atoms with Gasteiger partial charge in [-0.3, -0.25) is 0 Å². The number of anilines is 1. The van der Waals surface area contributed by atoms with Crippen LogP contribution in [-0.2, 0) is 6.42 Å². The molecule has 0 bridgehead atoms. The fraction of sp³-hybridized carbons (Fsp3) is 0.357. The van der Waals surface area contributed by atoms with Crippen LogP contribution < -0.4 is 5.73 Å². The van der Waals surface area contributed by atoms with Gasteiger partial charge in [0.25, 0.3) is 0 Å². The molecular formula is C14H18IN3. The molecule has 0 spiro atoms. The molecule has 3 nitrogen and oxygen atoms in total. The van der Waals surface area contributed by atoms with Crippen LogP contribution in [0.2, 0.25) is 0 Å². The van der Waals surface area contributed by atoms with Gasteiger partial charge >= 0.3 is 0 Å². The molecule has 1 atom stereocenters. The molecule has 0 saturated heterocycles. The molecule has 18 heavy (non-hydrogen) atoms. The van der Waals surface area contributed by atoms with E-state index in [4.69, 9.17) is 5.73 Å². The van der Waals surface area contributed by atoms with E-state index in [9.17, 15) is 0 Å². The second-order valence-corrected chi connectivity index (χ2v) is 5.68. The standard InChI is InChI=1S/C14H18IN3/c1-10(8-9-12-6-4-3-5-7-12)18-14(16)13(15)11(2)17-18/h3-7,10H,8-9,16H2,1-2H3. The van der Waals surface area contributed by atoms with E-state index in [1.807, 2.05) is 17.7 Å². The van der Waals surface area contributed by atoms with E-state index in [0.717, 1.165) is 27.9 Å². The lowest BCUT2D eigenvalue weighted by Crippen LogP contribution is -2.11. The Kier molecular flexibility index (Phi) is 4.27. The highest BCUT2D eigenvalue weighted by molar-refractivity contribution is 14.1. The van der Waals surface area contributed by atoms with Gasteiger partial charge < -0.3 is 5.73 Å². The fourth-order valence-corrected chi connectivity index (χ4v) is 2.38. The molecule has 1 aromatic heterocycles. The minimum absolute atomic E-state index is 0.326. The number of aromatic nitrogens is 2. The van der Waals surface area contributed by atoms with Gasteiger partial charge in [-0.1, -0.05) is 30.3 Å². The minimum Gasteiger partial charge on any atom is -0.383 e. The minimum atomic E-state index is 0.326. The predicted octanol–water partition coefficient (Wildman–Crippen LogP) is 3.57. The van der Waals surface area contributed by atoms with E-state index >= 15 is 0 Å². The number of nitrogens with zero attached hydrogens (tertiary/aromatic N) is 2. The molecule has 96 valence electrons. The monoisotopic (exact) mass is 355 g/mol. The Hall–Kier alpha value is -1.04. The summed E-state index contributed by atoms with van der Waals surface area (Å²) >= 11 is 2.25. The topological polar surface area (TPSA) is 43.8 Å². The lowest BCUT2D eigenvalue weighted by molar-refractivity contribution is 0.464. The molecule has 0 fully saturated rings. The summed E-state index contributed by atoms with van der Waals surface area (Å²) in [5.74, 6) is 0.786. The zero-order valence-electron chi connectivity index (χ0n) is 10.7. The van der Waals surface area contributed by atoms with Crippen LogP contribution in [0.1, 0.15) is 30.6 Å². The van der Waals surface area contributed by atoms with Crippen molar-refractivity contribution in [1.82, 2.24) is 9.78 Å². The first-order chi connectivity index (χ1) is 8.59. The van der Waals surface area contributed by atoms with E-state index in [1.54, 1.807) is 0 Å². The number of benzene rings is 1. The van der Waals surface area contributed by atoms with Gasteiger partial charge in [0, 0.05) is 0 Å². The van der Waals surface area contributed by atoms with Crippen LogP contribution in [0.25, 0.3) is 0 Å². The lowest BCUT2D eigenvalue weighted by atomic mass is 10.1. The summed E-state index contributed by atoms with van der Waals surface area (Å²) in [7, 11) is 0. The van der Waals surface area contributed by atoms with Crippen LogP contribution in [0.15, 0.2) is 30.3 Å². The smallest absolute Gasteiger partial charge is 0.135 e. The Balaban J connectivity index is 2.04. The van der Waals surface area contributed by atoms with Crippen molar-refractivity contribution >= 4 is 28.4 Å². The summed E-state index contributed by atoms with van der Waals surface area (Å²) in [5.41, 5.74) is 8.44. The van der Waals surface area contributed by atoms with Crippen molar-refractivity contribution in [3.63, 3.8) is 0 Å². The molecular weight excluding hydrogens is 337 g/mol. The highest BCUT2D eigenvalue weighted by Gasteiger charge is 2.14. The molecule has 0 saturated carbocycles. The third-order valence-electron chi connectivity index (χ3n) is 3.16. The molecule has 1 heterocycles. The Morgan fingerprint density at radius 1 is 1.33 bits per heavy atom. The van der Waals surface area contributed by atoms with E-state index in [0.29, 0.717) is 6.04 Å². The van der Waals surface area contributed by atoms with E-state index in [1.165, 1.54) is 5.56 Å². The Morgan fingerprint density at radius 2 is 2.00 bits per heavy atom. The summed E-state index contributed by atoms with van der Waals surface area (Å²) in [4.78, 5) is 0. The predicted molar refractivity (Wildman–Crippen MR) is 83.6 cm³/mol. The third kappa shape index (κ3) is 2.85. The third-order valence-corrected chi connectivity index (χ3v) is 4.49. The molecule has 2 rings (SSSR count). The first-order valence-corrected chi connectivity index (χ1v) is 7.21. The zero-order valence-corrected chi connectivity index (χ0v) is 12.9. The average molecular weight is 355 g/mol. The first-order valence-electron chi connectivity index (χ1n) is 6.13. The van der Waals surface area contributed by atoms with Gasteiger partial charge in [0.2, 0.25) is 0 Å². The normalized spacial score (nSPS) is 12.6. The van der Waals surface area contributed by atoms with Crippen molar-refractivity contribution in [2.75, 3.05) is 5.73 Å². The fourth-order valence-electron chi connectivity index (χ4n) is 2.02. The molecule has 2 aromatic rings. The van der Waals surface area contributed by atoms with Gasteiger partial charge in [-0.2, -0.15) is 5.10 Å². The quantitative estimate of drug-likeness (QED) is 0.853. The van der Waals surface area contributed by atoms with Gasteiger partial charge in [0.05, 0.1) is 15.3 Å². The number of halogens is 1. The maximum atomic E-state index is 6.07. The number of rotatable bonds is 4. The first kappa shape index (κ1) is 13.4. The number of hydrogen-bond donors (Lipinski definition) is 1. The summed E-state index contributed by atoms with van der Waals surface area (Å²) in [6.45, 7) is 4.17. The molecule has 0 aliphatic rings. The van der Waals surface area contributed by atoms with Crippen LogP contribution in [0.4, 0.5) is 5.82 Å². The van der Waals surface area contributed by atoms with Gasteiger partial charge in [-0.25, -0.2) is 4.68 Å². The summed E-state index contributed by atoms with van der Waals surface area (Å²) in [6.07, 6.45) is 2.10. The zero-order chi connectivity index (χ0) is 13.1. The largest absolute Gasteiger partial charge is 0.383 e. The average Bonchev–Trinajstić information content (AvgIpc) is 2.65. The van der Waals surface area contributed by atoms with Gasteiger partial charge in [0.1, 0.15) is 5.82 Å². The molecule has 0 radical (unpaired) electrons. The maximum Gasteiger partial charge on any atom is 0.135 e. The van der Waals surface area contributed by atoms with E-state index < -0.39 is 0 Å². The van der Waals surface area contributed by atoms with Crippen molar-refractivity contribution in [3.8, 4) is 0 Å². The van der Waals surface area contributed by atoms with Crippen LogP contribution >= 0.6 is 22.6 Å². The van der Waals surface area contributed by atoms with Crippen LogP contribution in [0.5, 0.6) is 0 Å². The van der Waals surface area contributed by atoms with Crippen molar-refractivity contribution < 1.29 is 0 Å². The Bertz CT molecular complexity index is 519. The maximum absolute atomic E-state index is 6.07. The van der Waals surface area contributed by atoms with Gasteiger partial charge in [0.15, 0.2) is 0 Å². The number of hydrogen-bond acceptors (Lipinski definition) is 2. The summed E-state index contributed by atoms with van der Waals surface area (Å²) in [6, 6.07) is 10.9. The molecule has 0 aliphatic heterocycles. The molecule has 2 N–H and O–H groups in total. The summed E-state index contributed by atoms with van der Waals surface area (Å²) < 4.78 is 3.01. The van der Waals surface area contributed by atoms with Crippen LogP contribution in [0, 0.1) is 10.5 Å². The SMILES string of the molecule is Cc1nn(C(C)CCc2ccccc2)c(N)c1I. The second-order valence-electron chi connectivity index (χ2n) is 4.60. The van der Waals surface area contributed by atoms with E-state index in [-0.39, 0.29) is 0 Å². The second kappa shape index (κ2) is 5.73. The van der Waals surface area contributed by atoms with Crippen molar-refractivity contribution in [2.24, 2.45) is 0 Å². The molecule has 1 aromatic carbocycles. The van der Waals surface area contributed by atoms with Gasteiger partial charge in [-0.15, -0.1) is 0 Å². The molecule has 0 aliphatic carbocycles.